The summed E-state index contributed by atoms with van der Waals surface area (Å²) < 4.78 is 7.47. The lowest BCUT2D eigenvalue weighted by molar-refractivity contribution is -0.127. The summed E-state index contributed by atoms with van der Waals surface area (Å²) in [5, 5.41) is 3.26. The van der Waals surface area contributed by atoms with Crippen LogP contribution in [0.25, 0.3) is 11.1 Å². The molecular weight excluding hydrogens is 354 g/mol. The van der Waals surface area contributed by atoms with Crippen LogP contribution in [0.5, 0.6) is 0 Å². The Hall–Kier alpha value is -2.24. The van der Waals surface area contributed by atoms with Gasteiger partial charge < -0.3 is 19.2 Å². The largest absolute Gasteiger partial charge is 0.463 e. The van der Waals surface area contributed by atoms with Gasteiger partial charge in [-0.25, -0.2) is 0 Å². The molecule has 6 nitrogen and oxygen atoms in total. The quantitative estimate of drug-likeness (QED) is 0.870. The summed E-state index contributed by atoms with van der Waals surface area (Å²) in [6.07, 6.45) is 7.74. The Morgan fingerprint density at radius 2 is 1.86 bits per heavy atom. The molecule has 3 heterocycles. The van der Waals surface area contributed by atoms with Gasteiger partial charge in [0.1, 0.15) is 5.69 Å². The molecular formula is C22H31N3O3. The molecule has 0 unspecified atom stereocenters. The van der Waals surface area contributed by atoms with Crippen LogP contribution in [0.1, 0.15) is 62.9 Å². The number of furan rings is 1. The molecule has 0 bridgehead atoms. The monoisotopic (exact) mass is 385 g/mol. The zero-order chi connectivity index (χ0) is 19.7. The highest BCUT2D eigenvalue weighted by Crippen LogP contribution is 2.26. The van der Waals surface area contributed by atoms with Crippen molar-refractivity contribution in [2.45, 2.75) is 65.0 Å². The van der Waals surface area contributed by atoms with E-state index in [0.29, 0.717) is 24.8 Å². The third-order valence-corrected chi connectivity index (χ3v) is 6.57. The Morgan fingerprint density at radius 1 is 1.14 bits per heavy atom. The molecule has 1 saturated carbocycles. The maximum atomic E-state index is 13.0. The minimum Gasteiger partial charge on any atom is -0.463 e. The summed E-state index contributed by atoms with van der Waals surface area (Å²) >= 11 is 0. The molecule has 0 radical (unpaired) electrons. The second-order valence-electron chi connectivity index (χ2n) is 8.48. The molecule has 1 saturated heterocycles. The van der Waals surface area contributed by atoms with Crippen molar-refractivity contribution in [3.8, 4) is 0 Å². The first-order valence-electron chi connectivity index (χ1n) is 10.7. The molecule has 2 aromatic heterocycles. The first-order valence-corrected chi connectivity index (χ1v) is 10.7. The van der Waals surface area contributed by atoms with Gasteiger partial charge in [0, 0.05) is 43.7 Å². The highest BCUT2D eigenvalue weighted by molar-refractivity contribution is 5.97. The van der Waals surface area contributed by atoms with E-state index in [-0.39, 0.29) is 17.7 Å². The SMILES string of the molecule is CCn1c(C(=O)N2CCC(C(=O)NC3CCC(C)CC3)CC2)cc2occc21. The minimum atomic E-state index is 0.0256. The number of carbonyl (C=O) groups excluding carboxylic acids is 2. The second-order valence-corrected chi connectivity index (χ2v) is 8.48. The lowest BCUT2D eigenvalue weighted by atomic mass is 9.86. The molecule has 28 heavy (non-hydrogen) atoms. The van der Waals surface area contributed by atoms with E-state index in [1.807, 2.05) is 28.5 Å². The maximum absolute atomic E-state index is 13.0. The number of likely N-dealkylation sites (tertiary alicyclic amines) is 1. The molecule has 0 spiro atoms. The van der Waals surface area contributed by atoms with Crippen LogP contribution in [0.4, 0.5) is 0 Å². The number of piperidine rings is 1. The van der Waals surface area contributed by atoms with E-state index >= 15 is 0 Å². The number of nitrogens with zero attached hydrogens (tertiary/aromatic N) is 2. The standard InChI is InChI=1S/C22H31N3O3/c1-3-25-18-10-13-28-20(18)14-19(25)22(27)24-11-8-16(9-12-24)21(26)23-17-6-4-15(2)5-7-17/h10,13-17H,3-9,11-12H2,1-2H3,(H,23,26). The zero-order valence-electron chi connectivity index (χ0n) is 16.9. The van der Waals surface area contributed by atoms with Crippen molar-refractivity contribution < 1.29 is 14.0 Å². The average molecular weight is 386 g/mol. The summed E-state index contributed by atoms with van der Waals surface area (Å²) in [6.45, 7) is 6.31. The third-order valence-electron chi connectivity index (χ3n) is 6.57. The van der Waals surface area contributed by atoms with E-state index in [1.54, 1.807) is 6.26 Å². The van der Waals surface area contributed by atoms with Crippen LogP contribution in [0.2, 0.25) is 0 Å². The number of hydrogen-bond donors (Lipinski definition) is 1. The van der Waals surface area contributed by atoms with Gasteiger partial charge in [-0.15, -0.1) is 0 Å². The van der Waals surface area contributed by atoms with E-state index in [2.05, 4.69) is 12.2 Å². The van der Waals surface area contributed by atoms with Gasteiger partial charge in [0.2, 0.25) is 5.91 Å². The summed E-state index contributed by atoms with van der Waals surface area (Å²) in [4.78, 5) is 27.6. The smallest absolute Gasteiger partial charge is 0.270 e. The summed E-state index contributed by atoms with van der Waals surface area (Å²) in [5.41, 5.74) is 2.39. The maximum Gasteiger partial charge on any atom is 0.270 e. The van der Waals surface area contributed by atoms with Crippen LogP contribution in [0.15, 0.2) is 22.8 Å². The van der Waals surface area contributed by atoms with Gasteiger partial charge in [-0.3, -0.25) is 9.59 Å². The second kappa shape index (κ2) is 8.02. The Labute approximate surface area is 166 Å². The highest BCUT2D eigenvalue weighted by Gasteiger charge is 2.31. The summed E-state index contributed by atoms with van der Waals surface area (Å²) in [6, 6.07) is 4.08. The van der Waals surface area contributed by atoms with Crippen LogP contribution in [-0.2, 0) is 11.3 Å². The minimum absolute atomic E-state index is 0.0256. The summed E-state index contributed by atoms with van der Waals surface area (Å²) in [7, 11) is 0. The molecule has 4 rings (SSSR count). The van der Waals surface area contributed by atoms with Crippen molar-refractivity contribution in [3.05, 3.63) is 24.1 Å². The predicted molar refractivity (Wildman–Crippen MR) is 108 cm³/mol. The molecule has 2 fully saturated rings. The number of aryl methyl sites for hydroxylation is 1. The van der Waals surface area contributed by atoms with E-state index in [9.17, 15) is 9.59 Å². The van der Waals surface area contributed by atoms with Crippen LogP contribution < -0.4 is 5.32 Å². The van der Waals surface area contributed by atoms with Crippen molar-refractivity contribution in [2.75, 3.05) is 13.1 Å². The fourth-order valence-electron chi connectivity index (χ4n) is 4.73. The average Bonchev–Trinajstić information content (AvgIpc) is 3.30. The Balaban J connectivity index is 1.33. The van der Waals surface area contributed by atoms with Gasteiger partial charge >= 0.3 is 0 Å². The van der Waals surface area contributed by atoms with E-state index in [1.165, 1.54) is 12.8 Å². The van der Waals surface area contributed by atoms with Crippen LogP contribution >= 0.6 is 0 Å². The number of aromatic nitrogens is 1. The molecule has 6 heteroatoms. The number of amides is 2. The molecule has 1 aliphatic heterocycles. The normalized spacial score (nSPS) is 23.9. The number of nitrogens with one attached hydrogen (secondary N) is 1. The Bertz CT molecular complexity index is 836. The fraction of sp³-hybridized carbons (Fsp3) is 0.636. The summed E-state index contributed by atoms with van der Waals surface area (Å²) in [5.74, 6) is 1.03. The Morgan fingerprint density at radius 3 is 2.54 bits per heavy atom. The van der Waals surface area contributed by atoms with Gasteiger partial charge in [-0.05, 0) is 51.4 Å². The van der Waals surface area contributed by atoms with E-state index in [0.717, 1.165) is 49.2 Å². The highest BCUT2D eigenvalue weighted by atomic mass is 16.3. The molecule has 2 aliphatic rings. The molecule has 152 valence electrons. The van der Waals surface area contributed by atoms with E-state index < -0.39 is 0 Å². The first kappa shape index (κ1) is 19.1. The Kier molecular flexibility index (Phi) is 5.47. The van der Waals surface area contributed by atoms with Crippen molar-refractivity contribution >= 4 is 22.9 Å². The number of carbonyl (C=O) groups is 2. The van der Waals surface area contributed by atoms with Gasteiger partial charge in [0.15, 0.2) is 5.58 Å². The molecule has 0 aromatic carbocycles. The third kappa shape index (κ3) is 3.69. The van der Waals surface area contributed by atoms with Gasteiger partial charge in [-0.1, -0.05) is 6.92 Å². The predicted octanol–water partition coefficient (Wildman–Crippen LogP) is 3.80. The van der Waals surface area contributed by atoms with Gasteiger partial charge in [0.05, 0.1) is 11.8 Å². The van der Waals surface area contributed by atoms with E-state index in [4.69, 9.17) is 4.42 Å². The number of fused-ring (bicyclic) bond motifs is 1. The van der Waals surface area contributed by atoms with Crippen molar-refractivity contribution in [1.82, 2.24) is 14.8 Å². The lowest BCUT2D eigenvalue weighted by Gasteiger charge is -2.33. The molecule has 2 aromatic rings. The fourth-order valence-corrected chi connectivity index (χ4v) is 4.73. The molecule has 0 atom stereocenters. The molecule has 2 amide bonds. The number of hydrogen-bond acceptors (Lipinski definition) is 3. The van der Waals surface area contributed by atoms with Crippen LogP contribution in [-0.4, -0.2) is 40.4 Å². The first-order chi connectivity index (χ1) is 13.6. The van der Waals surface area contributed by atoms with Crippen LogP contribution in [0.3, 0.4) is 0 Å². The van der Waals surface area contributed by atoms with Crippen molar-refractivity contribution in [3.63, 3.8) is 0 Å². The van der Waals surface area contributed by atoms with Gasteiger partial charge in [0.25, 0.3) is 5.91 Å². The van der Waals surface area contributed by atoms with Gasteiger partial charge in [-0.2, -0.15) is 0 Å². The number of rotatable bonds is 4. The van der Waals surface area contributed by atoms with Crippen molar-refractivity contribution in [2.24, 2.45) is 11.8 Å². The molecule has 1 aliphatic carbocycles. The van der Waals surface area contributed by atoms with Crippen molar-refractivity contribution in [1.29, 1.82) is 0 Å². The zero-order valence-corrected chi connectivity index (χ0v) is 16.9. The van der Waals surface area contributed by atoms with Crippen LogP contribution in [0, 0.1) is 11.8 Å². The lowest BCUT2D eigenvalue weighted by Crippen LogP contribution is -2.46. The topological polar surface area (TPSA) is 67.5 Å². The molecule has 1 N–H and O–H groups in total.